The van der Waals surface area contributed by atoms with Crippen LogP contribution in [0, 0.1) is 0 Å². The van der Waals surface area contributed by atoms with Gasteiger partial charge >= 0.3 is 12.5 Å². The zero-order valence-electron chi connectivity index (χ0n) is 19.8. The first-order valence-electron chi connectivity index (χ1n) is 10.9. The fourth-order valence-electron chi connectivity index (χ4n) is 4.14. The molecule has 35 heavy (non-hydrogen) atoms. The summed E-state index contributed by atoms with van der Waals surface area (Å²) >= 11 is 0. The molecule has 0 aliphatic carbocycles. The lowest BCUT2D eigenvalue weighted by Crippen LogP contribution is -2.45. The van der Waals surface area contributed by atoms with Crippen LogP contribution < -0.4 is 24.4 Å². The number of amides is 2. The van der Waals surface area contributed by atoms with E-state index in [4.69, 9.17) is 14.2 Å². The van der Waals surface area contributed by atoms with Crippen LogP contribution in [0.2, 0.25) is 0 Å². The average molecular weight is 496 g/mol. The van der Waals surface area contributed by atoms with E-state index in [1.165, 1.54) is 37.3 Å². The summed E-state index contributed by atoms with van der Waals surface area (Å²) in [6.07, 6.45) is -4.99. The number of carbonyl (C=O) groups excluding carboxylic acids is 2. The van der Waals surface area contributed by atoms with Crippen LogP contribution in [0.1, 0.15) is 42.1 Å². The topological polar surface area (TPSA) is 86.3 Å². The predicted octanol–water partition coefficient (Wildman–Crippen LogP) is 4.87. The fourth-order valence-corrected chi connectivity index (χ4v) is 4.14. The van der Waals surface area contributed by atoms with E-state index in [0.717, 1.165) is 6.07 Å². The quantitative estimate of drug-likeness (QED) is 0.589. The van der Waals surface area contributed by atoms with Crippen molar-refractivity contribution in [2.45, 2.75) is 38.6 Å². The highest BCUT2D eigenvalue weighted by molar-refractivity contribution is 5.97. The van der Waals surface area contributed by atoms with Crippen LogP contribution in [0.5, 0.6) is 17.2 Å². The molecule has 0 aromatic heterocycles. The van der Waals surface area contributed by atoms with Gasteiger partial charge in [-0.2, -0.15) is 0 Å². The summed E-state index contributed by atoms with van der Waals surface area (Å²) in [5, 5.41) is 2.70. The minimum atomic E-state index is -4.93. The number of para-hydroxylation sites is 1. The van der Waals surface area contributed by atoms with Gasteiger partial charge in [0.2, 0.25) is 0 Å². The highest BCUT2D eigenvalue weighted by atomic mass is 19.4. The summed E-state index contributed by atoms with van der Waals surface area (Å²) in [4.78, 5) is 27.0. The second kappa shape index (κ2) is 10.7. The molecule has 0 radical (unpaired) electrons. The molecule has 2 aromatic rings. The molecule has 2 amide bonds. The normalized spacial score (nSPS) is 17.3. The average Bonchev–Trinajstić information content (AvgIpc) is 2.80. The van der Waals surface area contributed by atoms with Crippen LogP contribution in [0.4, 0.5) is 23.7 Å². The van der Waals surface area contributed by atoms with Crippen LogP contribution in [0.25, 0.3) is 0 Å². The summed E-state index contributed by atoms with van der Waals surface area (Å²) in [7, 11) is 2.95. The molecular weight excluding hydrogens is 469 g/mol. The molecule has 0 fully saturated rings. The van der Waals surface area contributed by atoms with E-state index in [-0.39, 0.29) is 30.7 Å². The number of ether oxygens (including phenoxy) is 4. The molecule has 1 heterocycles. The number of halogens is 3. The molecule has 11 heteroatoms. The summed E-state index contributed by atoms with van der Waals surface area (Å²) in [5.74, 6) is -0.729. The minimum Gasteiger partial charge on any atom is -0.493 e. The maximum Gasteiger partial charge on any atom is 0.573 e. The highest BCUT2D eigenvalue weighted by Crippen LogP contribution is 2.44. The molecule has 0 bridgehead atoms. The van der Waals surface area contributed by atoms with Crippen molar-refractivity contribution >= 4 is 17.7 Å². The maximum atomic E-state index is 12.8. The van der Waals surface area contributed by atoms with Crippen LogP contribution in [-0.2, 0) is 4.74 Å². The number of fused-ring (bicyclic) bond motifs is 1. The fraction of sp³-hybridized carbons (Fsp3) is 0.417. The van der Waals surface area contributed by atoms with Crippen LogP contribution in [0.15, 0.2) is 36.4 Å². The predicted molar refractivity (Wildman–Crippen MR) is 121 cm³/mol. The van der Waals surface area contributed by atoms with E-state index in [1.807, 2.05) is 6.92 Å². The third-order valence-corrected chi connectivity index (χ3v) is 5.63. The first-order valence-corrected chi connectivity index (χ1v) is 10.9. The van der Waals surface area contributed by atoms with Crippen molar-refractivity contribution in [2.24, 2.45) is 0 Å². The van der Waals surface area contributed by atoms with Crippen molar-refractivity contribution in [2.75, 3.05) is 32.3 Å². The van der Waals surface area contributed by atoms with Crippen molar-refractivity contribution in [3.05, 3.63) is 47.5 Å². The molecule has 8 nitrogen and oxygen atoms in total. The summed E-state index contributed by atoms with van der Waals surface area (Å²) in [6.45, 7) is 3.85. The number of methoxy groups -OCH3 is 2. The lowest BCUT2D eigenvalue weighted by atomic mass is 9.85. The molecule has 2 unspecified atom stereocenters. The zero-order chi connectivity index (χ0) is 25.8. The Morgan fingerprint density at radius 2 is 1.74 bits per heavy atom. The maximum absolute atomic E-state index is 12.8. The number of carbonyl (C=O) groups is 2. The Kier molecular flexibility index (Phi) is 7.98. The standard InChI is InChI=1S/C24H27F3N2O6/c1-5-34-23(31)29-14(2)10-15(17-11-20(32-3)21(33-4)12-18(17)29)13-28-22(30)16-8-6-7-9-19(16)35-24(25,26)27/h6-9,11-12,14-15H,5,10,13H2,1-4H3,(H,28,30). The number of nitrogens with one attached hydrogen (secondary N) is 1. The van der Waals surface area contributed by atoms with Gasteiger partial charge in [-0.15, -0.1) is 13.2 Å². The second-order valence-electron chi connectivity index (χ2n) is 7.87. The Hall–Kier alpha value is -3.63. The lowest BCUT2D eigenvalue weighted by molar-refractivity contribution is -0.274. The summed E-state index contributed by atoms with van der Waals surface area (Å²) in [5.41, 5.74) is 1.00. The molecule has 0 saturated carbocycles. The van der Waals surface area contributed by atoms with E-state index < -0.39 is 24.1 Å². The molecule has 1 N–H and O–H groups in total. The van der Waals surface area contributed by atoms with Gasteiger partial charge in [0.15, 0.2) is 11.5 Å². The van der Waals surface area contributed by atoms with Crippen molar-refractivity contribution in [3.8, 4) is 17.2 Å². The van der Waals surface area contributed by atoms with E-state index in [2.05, 4.69) is 10.1 Å². The molecule has 2 atom stereocenters. The molecule has 0 spiro atoms. The number of hydrogen-bond donors (Lipinski definition) is 1. The number of anilines is 1. The van der Waals surface area contributed by atoms with E-state index in [1.54, 1.807) is 19.1 Å². The molecule has 190 valence electrons. The van der Waals surface area contributed by atoms with Gasteiger partial charge in [-0.3, -0.25) is 9.69 Å². The van der Waals surface area contributed by atoms with Crippen LogP contribution >= 0.6 is 0 Å². The minimum absolute atomic E-state index is 0.0999. The Balaban J connectivity index is 1.90. The Bertz CT molecular complexity index is 1080. The van der Waals surface area contributed by atoms with Crippen LogP contribution in [0.3, 0.4) is 0 Å². The number of nitrogens with zero attached hydrogens (tertiary/aromatic N) is 1. The first kappa shape index (κ1) is 26.0. The Morgan fingerprint density at radius 3 is 2.37 bits per heavy atom. The van der Waals surface area contributed by atoms with Crippen LogP contribution in [-0.4, -0.2) is 51.8 Å². The third-order valence-electron chi connectivity index (χ3n) is 5.63. The largest absolute Gasteiger partial charge is 0.573 e. The van der Waals surface area contributed by atoms with Crippen molar-refractivity contribution in [1.82, 2.24) is 5.32 Å². The molecule has 1 aliphatic heterocycles. The smallest absolute Gasteiger partial charge is 0.493 e. The van der Waals surface area contributed by atoms with Gasteiger partial charge in [0.25, 0.3) is 5.91 Å². The van der Waals surface area contributed by atoms with Gasteiger partial charge in [-0.25, -0.2) is 4.79 Å². The SMILES string of the molecule is CCOC(=O)N1c2cc(OC)c(OC)cc2C(CNC(=O)c2ccccc2OC(F)(F)F)CC1C. The second-order valence-corrected chi connectivity index (χ2v) is 7.87. The Morgan fingerprint density at radius 1 is 1.09 bits per heavy atom. The number of benzene rings is 2. The van der Waals surface area contributed by atoms with Gasteiger partial charge in [-0.1, -0.05) is 12.1 Å². The molecule has 1 aliphatic rings. The van der Waals surface area contributed by atoms with Gasteiger partial charge in [0, 0.05) is 24.6 Å². The lowest BCUT2D eigenvalue weighted by Gasteiger charge is -2.39. The third kappa shape index (κ3) is 5.90. The zero-order valence-corrected chi connectivity index (χ0v) is 19.8. The van der Waals surface area contributed by atoms with Gasteiger partial charge < -0.3 is 24.3 Å². The van der Waals surface area contributed by atoms with Gasteiger partial charge in [0.1, 0.15) is 5.75 Å². The first-order chi connectivity index (χ1) is 16.6. The number of alkyl halides is 3. The van der Waals surface area contributed by atoms with Crippen molar-refractivity contribution in [3.63, 3.8) is 0 Å². The summed E-state index contributed by atoms with van der Waals surface area (Å²) in [6, 6.07) is 8.23. The van der Waals surface area contributed by atoms with E-state index in [0.29, 0.717) is 29.2 Å². The summed E-state index contributed by atoms with van der Waals surface area (Å²) < 4.78 is 58.2. The van der Waals surface area contributed by atoms with Crippen molar-refractivity contribution in [1.29, 1.82) is 0 Å². The number of rotatable bonds is 7. The van der Waals surface area contributed by atoms with Gasteiger partial charge in [0.05, 0.1) is 32.1 Å². The molecule has 0 saturated heterocycles. The van der Waals surface area contributed by atoms with E-state index >= 15 is 0 Å². The highest BCUT2D eigenvalue weighted by Gasteiger charge is 2.37. The van der Waals surface area contributed by atoms with Crippen molar-refractivity contribution < 1.29 is 41.7 Å². The van der Waals surface area contributed by atoms with E-state index in [9.17, 15) is 22.8 Å². The monoisotopic (exact) mass is 496 g/mol. The Labute approximate surface area is 200 Å². The molecule has 3 rings (SSSR count). The number of hydrogen-bond acceptors (Lipinski definition) is 6. The molecule has 2 aromatic carbocycles. The molecular formula is C24H27F3N2O6. The van der Waals surface area contributed by atoms with Gasteiger partial charge in [-0.05, 0) is 44.0 Å².